The standard InChI is InChI=1S/C14H20N4/c1-4-10-18(11-5-1)13(14-16-8-9-17-14)12-6-2-3-7-15-12/h2-3,6-7,13H,1,4-5,8-11H2,(H,16,17). The van der Waals surface area contributed by atoms with Gasteiger partial charge >= 0.3 is 0 Å². The zero-order chi connectivity index (χ0) is 12.2. The van der Waals surface area contributed by atoms with Gasteiger partial charge in [-0.3, -0.25) is 14.9 Å². The van der Waals surface area contributed by atoms with Crippen molar-refractivity contribution in [2.45, 2.75) is 25.3 Å². The summed E-state index contributed by atoms with van der Waals surface area (Å²) in [5.74, 6) is 1.11. The van der Waals surface area contributed by atoms with Gasteiger partial charge in [0.05, 0.1) is 12.2 Å². The van der Waals surface area contributed by atoms with Gasteiger partial charge in [0.15, 0.2) is 0 Å². The van der Waals surface area contributed by atoms with Crippen molar-refractivity contribution in [3.05, 3.63) is 30.1 Å². The maximum Gasteiger partial charge on any atom is 0.120 e. The molecule has 0 saturated carbocycles. The molecule has 4 heteroatoms. The molecule has 0 bridgehead atoms. The Morgan fingerprint density at radius 3 is 2.72 bits per heavy atom. The van der Waals surface area contributed by atoms with Gasteiger partial charge in [-0.2, -0.15) is 0 Å². The number of hydrogen-bond acceptors (Lipinski definition) is 4. The molecule has 0 spiro atoms. The fourth-order valence-corrected chi connectivity index (χ4v) is 2.81. The number of nitrogens with zero attached hydrogens (tertiary/aromatic N) is 3. The van der Waals surface area contributed by atoms with Crippen LogP contribution in [0.5, 0.6) is 0 Å². The first-order chi connectivity index (χ1) is 8.95. The summed E-state index contributed by atoms with van der Waals surface area (Å²) in [5, 5.41) is 3.42. The average molecular weight is 244 g/mol. The van der Waals surface area contributed by atoms with E-state index in [9.17, 15) is 0 Å². The molecule has 2 aliphatic rings. The second-order valence-corrected chi connectivity index (χ2v) is 4.95. The summed E-state index contributed by atoms with van der Waals surface area (Å²) < 4.78 is 0. The highest BCUT2D eigenvalue weighted by atomic mass is 15.2. The molecule has 1 aromatic heterocycles. The van der Waals surface area contributed by atoms with E-state index >= 15 is 0 Å². The molecule has 1 unspecified atom stereocenters. The van der Waals surface area contributed by atoms with Crippen molar-refractivity contribution in [1.82, 2.24) is 15.2 Å². The van der Waals surface area contributed by atoms with E-state index in [2.05, 4.69) is 32.3 Å². The predicted molar refractivity (Wildman–Crippen MR) is 72.7 cm³/mol. The van der Waals surface area contributed by atoms with Crippen molar-refractivity contribution in [3.63, 3.8) is 0 Å². The Hall–Kier alpha value is -1.42. The van der Waals surface area contributed by atoms with Crippen LogP contribution in [0, 0.1) is 0 Å². The van der Waals surface area contributed by atoms with Gasteiger partial charge in [-0.25, -0.2) is 0 Å². The van der Waals surface area contributed by atoms with Crippen LogP contribution in [0.15, 0.2) is 29.4 Å². The van der Waals surface area contributed by atoms with Crippen LogP contribution in [0.2, 0.25) is 0 Å². The molecule has 1 atom stereocenters. The van der Waals surface area contributed by atoms with Crippen LogP contribution in [0.1, 0.15) is 31.0 Å². The van der Waals surface area contributed by atoms with E-state index in [1.165, 1.54) is 19.3 Å². The SMILES string of the molecule is c1ccc(C(C2=NCCN2)N2CCCCC2)nc1. The molecule has 96 valence electrons. The monoisotopic (exact) mass is 244 g/mol. The Bertz CT molecular complexity index is 409. The van der Waals surface area contributed by atoms with E-state index in [1.807, 2.05) is 12.3 Å². The first-order valence-corrected chi connectivity index (χ1v) is 6.88. The second-order valence-electron chi connectivity index (χ2n) is 4.95. The van der Waals surface area contributed by atoms with Crippen molar-refractivity contribution >= 4 is 5.84 Å². The third-order valence-electron chi connectivity index (χ3n) is 3.68. The molecule has 0 amide bonds. The minimum Gasteiger partial charge on any atom is -0.370 e. The number of aliphatic imine (C=N–C) groups is 1. The summed E-state index contributed by atoms with van der Waals surface area (Å²) in [4.78, 5) is 11.7. The lowest BCUT2D eigenvalue weighted by Crippen LogP contribution is -2.42. The predicted octanol–water partition coefficient (Wildman–Crippen LogP) is 1.61. The van der Waals surface area contributed by atoms with Gasteiger partial charge in [0.1, 0.15) is 11.9 Å². The number of nitrogens with one attached hydrogen (secondary N) is 1. The number of amidine groups is 1. The molecule has 0 aromatic carbocycles. The van der Waals surface area contributed by atoms with Crippen molar-refractivity contribution in [2.24, 2.45) is 4.99 Å². The van der Waals surface area contributed by atoms with Gasteiger partial charge in [0.2, 0.25) is 0 Å². The number of pyridine rings is 1. The van der Waals surface area contributed by atoms with Crippen molar-refractivity contribution in [2.75, 3.05) is 26.2 Å². The Morgan fingerprint density at radius 2 is 2.06 bits per heavy atom. The summed E-state index contributed by atoms with van der Waals surface area (Å²) in [6, 6.07) is 6.38. The molecule has 3 rings (SSSR count). The van der Waals surface area contributed by atoms with Crippen LogP contribution in [0.3, 0.4) is 0 Å². The van der Waals surface area contributed by atoms with Gasteiger partial charge in [0, 0.05) is 12.7 Å². The highest BCUT2D eigenvalue weighted by Crippen LogP contribution is 2.24. The molecular weight excluding hydrogens is 224 g/mol. The molecule has 3 heterocycles. The number of rotatable bonds is 3. The number of aromatic nitrogens is 1. The molecule has 18 heavy (non-hydrogen) atoms. The van der Waals surface area contributed by atoms with Crippen LogP contribution in [0.4, 0.5) is 0 Å². The fraction of sp³-hybridized carbons (Fsp3) is 0.571. The van der Waals surface area contributed by atoms with Crippen LogP contribution >= 0.6 is 0 Å². The minimum atomic E-state index is 0.231. The van der Waals surface area contributed by atoms with Gasteiger partial charge in [-0.15, -0.1) is 0 Å². The van der Waals surface area contributed by atoms with Gasteiger partial charge < -0.3 is 5.32 Å². The molecule has 0 radical (unpaired) electrons. The van der Waals surface area contributed by atoms with Crippen LogP contribution in [-0.2, 0) is 0 Å². The highest BCUT2D eigenvalue weighted by molar-refractivity contribution is 5.89. The quantitative estimate of drug-likeness (QED) is 0.878. The first kappa shape index (κ1) is 11.7. The van der Waals surface area contributed by atoms with E-state index < -0.39 is 0 Å². The lowest BCUT2D eigenvalue weighted by molar-refractivity contribution is 0.198. The second kappa shape index (κ2) is 5.48. The molecule has 1 fully saturated rings. The summed E-state index contributed by atoms with van der Waals surface area (Å²) in [6.45, 7) is 4.17. The van der Waals surface area contributed by atoms with Crippen molar-refractivity contribution in [3.8, 4) is 0 Å². The van der Waals surface area contributed by atoms with Crippen molar-refractivity contribution in [1.29, 1.82) is 0 Å². The molecule has 4 nitrogen and oxygen atoms in total. The highest BCUT2D eigenvalue weighted by Gasteiger charge is 2.29. The van der Waals surface area contributed by atoms with Crippen LogP contribution in [0.25, 0.3) is 0 Å². The Labute approximate surface area is 108 Å². The maximum absolute atomic E-state index is 4.61. The Balaban J connectivity index is 1.87. The summed E-state index contributed by atoms with van der Waals surface area (Å²) in [7, 11) is 0. The van der Waals surface area contributed by atoms with Crippen LogP contribution < -0.4 is 5.32 Å². The zero-order valence-corrected chi connectivity index (χ0v) is 10.7. The maximum atomic E-state index is 4.61. The van der Waals surface area contributed by atoms with Gasteiger partial charge in [0.25, 0.3) is 0 Å². The third-order valence-corrected chi connectivity index (χ3v) is 3.68. The van der Waals surface area contributed by atoms with Gasteiger partial charge in [-0.1, -0.05) is 12.5 Å². The van der Waals surface area contributed by atoms with Crippen LogP contribution in [-0.4, -0.2) is 41.9 Å². The third kappa shape index (κ3) is 2.38. The normalized spacial score (nSPS) is 22.3. The zero-order valence-electron chi connectivity index (χ0n) is 10.7. The smallest absolute Gasteiger partial charge is 0.120 e. The minimum absolute atomic E-state index is 0.231. The lowest BCUT2D eigenvalue weighted by Gasteiger charge is -2.34. The number of piperidine rings is 1. The first-order valence-electron chi connectivity index (χ1n) is 6.88. The largest absolute Gasteiger partial charge is 0.370 e. The molecular formula is C14H20N4. The van der Waals surface area contributed by atoms with Gasteiger partial charge in [-0.05, 0) is 38.1 Å². The molecule has 1 aromatic rings. The van der Waals surface area contributed by atoms with Crippen molar-refractivity contribution < 1.29 is 0 Å². The van der Waals surface area contributed by atoms with E-state index in [0.717, 1.165) is 37.7 Å². The fourth-order valence-electron chi connectivity index (χ4n) is 2.81. The number of likely N-dealkylation sites (tertiary alicyclic amines) is 1. The van der Waals surface area contributed by atoms with E-state index in [-0.39, 0.29) is 6.04 Å². The Kier molecular flexibility index (Phi) is 3.55. The molecule has 2 aliphatic heterocycles. The molecule has 1 N–H and O–H groups in total. The van der Waals surface area contributed by atoms with E-state index in [1.54, 1.807) is 0 Å². The molecule has 1 saturated heterocycles. The van der Waals surface area contributed by atoms with E-state index in [0.29, 0.717) is 0 Å². The lowest BCUT2D eigenvalue weighted by atomic mass is 10.0. The van der Waals surface area contributed by atoms with E-state index in [4.69, 9.17) is 0 Å². The summed E-state index contributed by atoms with van der Waals surface area (Å²) in [5.41, 5.74) is 1.12. The average Bonchev–Trinajstić information content (AvgIpc) is 2.95. The topological polar surface area (TPSA) is 40.5 Å². The molecule has 0 aliphatic carbocycles. The number of hydrogen-bond donors (Lipinski definition) is 1. The summed E-state index contributed by atoms with van der Waals surface area (Å²) >= 11 is 0. The summed E-state index contributed by atoms with van der Waals surface area (Å²) in [6.07, 6.45) is 5.81. The Morgan fingerprint density at radius 1 is 1.17 bits per heavy atom.